The van der Waals surface area contributed by atoms with E-state index < -0.39 is 0 Å². The van der Waals surface area contributed by atoms with Crippen molar-refractivity contribution >= 4 is 7.85 Å². The summed E-state index contributed by atoms with van der Waals surface area (Å²) < 4.78 is 0. The summed E-state index contributed by atoms with van der Waals surface area (Å²) in [5.41, 5.74) is 2.70. The molecule has 0 saturated carbocycles. The van der Waals surface area contributed by atoms with Gasteiger partial charge in [-0.1, -0.05) is 60.7 Å². The molecule has 2 aromatic carbocycles. The fourth-order valence-corrected chi connectivity index (χ4v) is 2.78. The monoisotopic (exact) mass is 295 g/mol. The number of hydrogen-bond acceptors (Lipinski definition) is 2. The highest BCUT2D eigenvalue weighted by atomic mass is 16.3. The van der Waals surface area contributed by atoms with Gasteiger partial charge >= 0.3 is 0 Å². The molecule has 0 aliphatic carbocycles. The Labute approximate surface area is 135 Å². The molecule has 0 aromatic heterocycles. The van der Waals surface area contributed by atoms with E-state index in [4.69, 9.17) is 0 Å². The normalized spacial score (nSPS) is 12.7. The molecule has 0 radical (unpaired) electrons. The molecular formula is C19H26BNO. The topological polar surface area (TPSA) is 23.5 Å². The van der Waals surface area contributed by atoms with Crippen molar-refractivity contribution in [3.8, 4) is 0 Å². The Morgan fingerprint density at radius 1 is 0.955 bits per heavy atom. The highest BCUT2D eigenvalue weighted by molar-refractivity contribution is 6.08. The summed E-state index contributed by atoms with van der Waals surface area (Å²) in [6.45, 7) is 3.78. The second-order valence-electron chi connectivity index (χ2n) is 5.90. The minimum Gasteiger partial charge on any atom is -0.393 e. The van der Waals surface area contributed by atoms with Crippen LogP contribution in [0.1, 0.15) is 30.4 Å². The molecule has 22 heavy (non-hydrogen) atoms. The van der Waals surface area contributed by atoms with Gasteiger partial charge in [0.05, 0.1) is 6.10 Å². The molecule has 3 heteroatoms. The first-order chi connectivity index (χ1) is 10.7. The Morgan fingerprint density at radius 3 is 1.86 bits per heavy atom. The standard InChI is InChI=1S/C19H26BNO/c1-16(22)12-13-21(15-20)14-19(17-8-4-2-5-9-17)18-10-6-3-7-11-18/h2-11,16,19,22H,12-15,20H2,1H3. The maximum absolute atomic E-state index is 9.54. The van der Waals surface area contributed by atoms with Crippen molar-refractivity contribution in [1.82, 2.24) is 4.90 Å². The van der Waals surface area contributed by atoms with E-state index >= 15 is 0 Å². The van der Waals surface area contributed by atoms with E-state index in [0.29, 0.717) is 5.92 Å². The van der Waals surface area contributed by atoms with Crippen molar-refractivity contribution in [2.24, 2.45) is 0 Å². The van der Waals surface area contributed by atoms with Gasteiger partial charge in [-0.25, -0.2) is 0 Å². The van der Waals surface area contributed by atoms with Crippen LogP contribution in [0.15, 0.2) is 60.7 Å². The van der Waals surface area contributed by atoms with Gasteiger partial charge in [0, 0.05) is 12.5 Å². The maximum atomic E-state index is 9.54. The molecule has 2 nitrogen and oxygen atoms in total. The average molecular weight is 295 g/mol. The number of aliphatic hydroxyl groups excluding tert-OH is 1. The molecule has 0 heterocycles. The summed E-state index contributed by atoms with van der Waals surface area (Å²) in [4.78, 5) is 2.43. The van der Waals surface area contributed by atoms with Gasteiger partial charge in [-0.15, -0.1) is 0 Å². The van der Waals surface area contributed by atoms with Gasteiger partial charge in [0.15, 0.2) is 0 Å². The predicted molar refractivity (Wildman–Crippen MR) is 96.0 cm³/mol. The number of aliphatic hydroxyl groups is 1. The Kier molecular flexibility index (Phi) is 6.69. The second kappa shape index (κ2) is 8.77. The highest BCUT2D eigenvalue weighted by Gasteiger charge is 2.17. The van der Waals surface area contributed by atoms with Gasteiger partial charge < -0.3 is 10.0 Å². The molecule has 2 aromatic rings. The van der Waals surface area contributed by atoms with Gasteiger partial charge in [-0.2, -0.15) is 0 Å². The summed E-state index contributed by atoms with van der Waals surface area (Å²) >= 11 is 0. The number of nitrogens with zero attached hydrogens (tertiary/aromatic N) is 1. The molecule has 2 rings (SSSR count). The summed E-state index contributed by atoms with van der Waals surface area (Å²) in [7, 11) is 2.19. The molecule has 0 fully saturated rings. The third-order valence-electron chi connectivity index (χ3n) is 4.15. The number of rotatable bonds is 8. The van der Waals surface area contributed by atoms with E-state index in [1.54, 1.807) is 0 Å². The third-order valence-corrected chi connectivity index (χ3v) is 4.15. The molecule has 0 aliphatic heterocycles. The Bertz CT molecular complexity index is 490. The van der Waals surface area contributed by atoms with Gasteiger partial charge in [0.1, 0.15) is 7.85 Å². The van der Waals surface area contributed by atoms with E-state index in [1.165, 1.54) is 11.1 Å². The maximum Gasteiger partial charge on any atom is 0.119 e. The SMILES string of the molecule is BCN(CCC(C)O)CC(c1ccccc1)c1ccccc1. The summed E-state index contributed by atoms with van der Waals surface area (Å²) in [5.74, 6) is 0.372. The van der Waals surface area contributed by atoms with Crippen LogP contribution in [-0.2, 0) is 0 Å². The van der Waals surface area contributed by atoms with E-state index in [-0.39, 0.29) is 6.10 Å². The van der Waals surface area contributed by atoms with E-state index in [2.05, 4.69) is 73.4 Å². The van der Waals surface area contributed by atoms with Crippen LogP contribution in [0.3, 0.4) is 0 Å². The van der Waals surface area contributed by atoms with Crippen molar-refractivity contribution in [3.63, 3.8) is 0 Å². The van der Waals surface area contributed by atoms with Crippen LogP contribution in [-0.4, -0.2) is 43.5 Å². The van der Waals surface area contributed by atoms with E-state index in [9.17, 15) is 5.11 Å². The smallest absolute Gasteiger partial charge is 0.119 e. The van der Waals surface area contributed by atoms with Crippen molar-refractivity contribution in [2.75, 3.05) is 19.5 Å². The second-order valence-corrected chi connectivity index (χ2v) is 5.90. The average Bonchev–Trinajstić information content (AvgIpc) is 2.56. The summed E-state index contributed by atoms with van der Waals surface area (Å²) in [5, 5.41) is 9.54. The summed E-state index contributed by atoms with van der Waals surface area (Å²) in [6, 6.07) is 21.4. The lowest BCUT2D eigenvalue weighted by Gasteiger charge is -2.28. The first kappa shape index (κ1) is 16.8. The molecular weight excluding hydrogens is 269 g/mol. The molecule has 1 N–H and O–H groups in total. The van der Waals surface area contributed by atoms with Crippen LogP contribution in [0.2, 0.25) is 0 Å². The molecule has 0 bridgehead atoms. The van der Waals surface area contributed by atoms with Crippen LogP contribution in [0.5, 0.6) is 0 Å². The van der Waals surface area contributed by atoms with E-state index in [0.717, 1.165) is 26.0 Å². The van der Waals surface area contributed by atoms with Gasteiger partial charge in [-0.05, 0) is 37.5 Å². The number of hydrogen-bond donors (Lipinski definition) is 1. The van der Waals surface area contributed by atoms with Crippen molar-refractivity contribution in [1.29, 1.82) is 0 Å². The largest absolute Gasteiger partial charge is 0.393 e. The predicted octanol–water partition coefficient (Wildman–Crippen LogP) is 2.48. The van der Waals surface area contributed by atoms with Crippen LogP contribution >= 0.6 is 0 Å². The third kappa shape index (κ3) is 5.01. The lowest BCUT2D eigenvalue weighted by molar-refractivity contribution is 0.161. The Morgan fingerprint density at radius 2 is 1.45 bits per heavy atom. The van der Waals surface area contributed by atoms with Crippen LogP contribution in [0, 0.1) is 0 Å². The van der Waals surface area contributed by atoms with Crippen LogP contribution in [0.4, 0.5) is 0 Å². The fraction of sp³-hybridized carbons (Fsp3) is 0.368. The molecule has 0 saturated heterocycles. The first-order valence-electron chi connectivity index (χ1n) is 8.21. The minimum atomic E-state index is -0.235. The molecule has 0 aliphatic rings. The zero-order valence-corrected chi connectivity index (χ0v) is 13.7. The lowest BCUT2D eigenvalue weighted by Crippen LogP contribution is -2.32. The van der Waals surface area contributed by atoms with Crippen molar-refractivity contribution < 1.29 is 5.11 Å². The molecule has 116 valence electrons. The quantitative estimate of drug-likeness (QED) is 0.756. The van der Waals surface area contributed by atoms with Crippen molar-refractivity contribution in [3.05, 3.63) is 71.8 Å². The Balaban J connectivity index is 2.18. The van der Waals surface area contributed by atoms with Gasteiger partial charge in [-0.3, -0.25) is 0 Å². The zero-order valence-electron chi connectivity index (χ0n) is 13.7. The summed E-state index contributed by atoms with van der Waals surface area (Å²) in [6.07, 6.45) is 1.59. The fourth-order valence-electron chi connectivity index (χ4n) is 2.78. The minimum absolute atomic E-state index is 0.235. The van der Waals surface area contributed by atoms with Gasteiger partial charge in [0.2, 0.25) is 0 Å². The zero-order chi connectivity index (χ0) is 15.8. The molecule has 1 unspecified atom stereocenters. The van der Waals surface area contributed by atoms with Gasteiger partial charge in [0.25, 0.3) is 0 Å². The van der Waals surface area contributed by atoms with E-state index in [1.807, 2.05) is 6.92 Å². The first-order valence-corrected chi connectivity index (χ1v) is 8.21. The molecule has 0 amide bonds. The van der Waals surface area contributed by atoms with Crippen LogP contribution in [0.25, 0.3) is 0 Å². The van der Waals surface area contributed by atoms with Crippen LogP contribution < -0.4 is 0 Å². The molecule has 0 spiro atoms. The number of benzene rings is 2. The molecule has 1 atom stereocenters. The lowest BCUT2D eigenvalue weighted by atomic mass is 9.90. The van der Waals surface area contributed by atoms with Crippen molar-refractivity contribution in [2.45, 2.75) is 25.4 Å². The highest BCUT2D eigenvalue weighted by Crippen LogP contribution is 2.25. The Hall–Kier alpha value is -1.58.